The normalized spacial score (nSPS) is 21.7. The van der Waals surface area contributed by atoms with Gasteiger partial charge in [0.25, 0.3) is 0 Å². The maximum absolute atomic E-state index is 10.2. The summed E-state index contributed by atoms with van der Waals surface area (Å²) in [5, 5.41) is 18.8. The first-order valence-corrected chi connectivity index (χ1v) is 6.25. The third kappa shape index (κ3) is 4.31. The highest BCUT2D eigenvalue weighted by Gasteiger charge is 2.26. The van der Waals surface area contributed by atoms with Gasteiger partial charge in [0.05, 0.1) is 26.4 Å². The highest BCUT2D eigenvalue weighted by atomic mass is 16.5. The molecule has 0 aromatic carbocycles. The van der Waals surface area contributed by atoms with Crippen LogP contribution >= 0.6 is 0 Å². The van der Waals surface area contributed by atoms with Crippen LogP contribution in [-0.4, -0.2) is 74.5 Å². The number of rotatable bonds is 8. The maximum Gasteiger partial charge on any atom is 0.131 e. The van der Waals surface area contributed by atoms with Gasteiger partial charge in [-0.05, 0) is 17.6 Å². The van der Waals surface area contributed by atoms with Crippen molar-refractivity contribution in [2.45, 2.75) is 12.6 Å². The van der Waals surface area contributed by atoms with E-state index in [0.717, 1.165) is 24.1 Å². The van der Waals surface area contributed by atoms with Gasteiger partial charge in [-0.15, -0.1) is 0 Å². The molecule has 1 aliphatic rings. The van der Waals surface area contributed by atoms with Crippen LogP contribution in [0.1, 0.15) is 6.42 Å². The van der Waals surface area contributed by atoms with E-state index in [1.165, 1.54) is 0 Å². The molecule has 0 radical (unpaired) electrons. The van der Waals surface area contributed by atoms with Gasteiger partial charge in [-0.25, -0.2) is 0 Å². The largest absolute Gasteiger partial charge is 0.394 e. The molecule has 6 heteroatoms. The topological polar surface area (TPSA) is 88.2 Å². The number of hydrogen-bond donors (Lipinski definition) is 3. The second kappa shape index (κ2) is 8.58. The molecule has 0 amide bonds. The highest BCUT2D eigenvalue weighted by Crippen LogP contribution is 2.22. The van der Waals surface area contributed by atoms with Crippen molar-refractivity contribution in [1.29, 1.82) is 0 Å². The van der Waals surface area contributed by atoms with E-state index in [1.807, 2.05) is 4.90 Å². The van der Waals surface area contributed by atoms with E-state index >= 15 is 0 Å². The zero-order chi connectivity index (χ0) is 13.4. The summed E-state index contributed by atoms with van der Waals surface area (Å²) in [5.41, 5.74) is 7.64. The zero-order valence-corrected chi connectivity index (χ0v) is 11.0. The second-order valence-corrected chi connectivity index (χ2v) is 4.26. The first kappa shape index (κ1) is 15.6. The van der Waals surface area contributed by atoms with Crippen LogP contribution in [0, 0.1) is 0 Å². The SMILES string of the molecule is COCC1=C(CN)C(O)N(CCOCCO)CC1. The summed E-state index contributed by atoms with van der Waals surface area (Å²) in [6.45, 7) is 3.12. The van der Waals surface area contributed by atoms with Crippen molar-refractivity contribution in [3.8, 4) is 0 Å². The van der Waals surface area contributed by atoms with Gasteiger partial charge in [0.2, 0.25) is 0 Å². The van der Waals surface area contributed by atoms with Crippen molar-refractivity contribution in [1.82, 2.24) is 4.90 Å². The fraction of sp³-hybridized carbons (Fsp3) is 0.833. The first-order chi connectivity index (χ1) is 8.74. The molecule has 1 rings (SSSR count). The van der Waals surface area contributed by atoms with Crippen molar-refractivity contribution in [3.63, 3.8) is 0 Å². The Hall–Kier alpha value is -0.500. The molecule has 1 unspecified atom stereocenters. The van der Waals surface area contributed by atoms with Gasteiger partial charge in [-0.1, -0.05) is 0 Å². The molecular weight excluding hydrogens is 236 g/mol. The van der Waals surface area contributed by atoms with E-state index in [-0.39, 0.29) is 6.61 Å². The van der Waals surface area contributed by atoms with Crippen LogP contribution in [0.3, 0.4) is 0 Å². The Morgan fingerprint density at radius 2 is 2.22 bits per heavy atom. The Balaban J connectivity index is 2.50. The molecule has 0 bridgehead atoms. The smallest absolute Gasteiger partial charge is 0.131 e. The molecule has 4 N–H and O–H groups in total. The van der Waals surface area contributed by atoms with Crippen molar-refractivity contribution in [2.24, 2.45) is 5.73 Å². The molecule has 6 nitrogen and oxygen atoms in total. The third-order valence-corrected chi connectivity index (χ3v) is 3.11. The Bertz CT molecular complexity index is 271. The molecule has 0 aromatic rings. The minimum absolute atomic E-state index is 0.0223. The van der Waals surface area contributed by atoms with Crippen molar-refractivity contribution in [2.75, 3.05) is 53.2 Å². The highest BCUT2D eigenvalue weighted by molar-refractivity contribution is 5.22. The maximum atomic E-state index is 10.2. The molecule has 0 spiro atoms. The molecule has 0 fully saturated rings. The predicted molar refractivity (Wildman–Crippen MR) is 68.1 cm³/mol. The summed E-state index contributed by atoms with van der Waals surface area (Å²) in [7, 11) is 1.64. The van der Waals surface area contributed by atoms with E-state index in [1.54, 1.807) is 7.11 Å². The number of aliphatic hydroxyl groups excluding tert-OH is 2. The van der Waals surface area contributed by atoms with E-state index in [2.05, 4.69) is 0 Å². The van der Waals surface area contributed by atoms with Gasteiger partial charge >= 0.3 is 0 Å². The minimum Gasteiger partial charge on any atom is -0.394 e. The lowest BCUT2D eigenvalue weighted by atomic mass is 9.99. The van der Waals surface area contributed by atoms with Gasteiger partial charge in [-0.3, -0.25) is 4.90 Å². The third-order valence-electron chi connectivity index (χ3n) is 3.11. The van der Waals surface area contributed by atoms with Crippen molar-refractivity contribution in [3.05, 3.63) is 11.1 Å². The lowest BCUT2D eigenvalue weighted by Crippen LogP contribution is -2.45. The Kier molecular flexibility index (Phi) is 7.41. The number of nitrogens with two attached hydrogens (primary N) is 1. The summed E-state index contributed by atoms with van der Waals surface area (Å²) < 4.78 is 10.3. The fourth-order valence-electron chi connectivity index (χ4n) is 2.14. The van der Waals surface area contributed by atoms with Gasteiger partial charge in [-0.2, -0.15) is 0 Å². The Morgan fingerprint density at radius 1 is 1.44 bits per heavy atom. The average molecular weight is 260 g/mol. The van der Waals surface area contributed by atoms with E-state index in [4.69, 9.17) is 20.3 Å². The summed E-state index contributed by atoms with van der Waals surface area (Å²) in [5.74, 6) is 0. The van der Waals surface area contributed by atoms with Gasteiger partial charge in [0, 0.05) is 26.7 Å². The monoisotopic (exact) mass is 260 g/mol. The lowest BCUT2D eigenvalue weighted by Gasteiger charge is -2.35. The Labute approximate surface area is 108 Å². The van der Waals surface area contributed by atoms with Crippen LogP contribution in [0.4, 0.5) is 0 Å². The zero-order valence-electron chi connectivity index (χ0n) is 11.0. The molecule has 0 saturated heterocycles. The van der Waals surface area contributed by atoms with Crippen LogP contribution in [0.2, 0.25) is 0 Å². The Morgan fingerprint density at radius 3 is 2.83 bits per heavy atom. The van der Waals surface area contributed by atoms with Crippen LogP contribution < -0.4 is 5.73 Å². The molecule has 18 heavy (non-hydrogen) atoms. The van der Waals surface area contributed by atoms with Crippen LogP contribution in [0.15, 0.2) is 11.1 Å². The molecule has 0 aliphatic carbocycles. The summed E-state index contributed by atoms with van der Waals surface area (Å²) in [6, 6.07) is 0. The minimum atomic E-state index is -0.647. The summed E-state index contributed by atoms with van der Waals surface area (Å²) in [4.78, 5) is 1.93. The molecule has 106 valence electrons. The van der Waals surface area contributed by atoms with Crippen molar-refractivity contribution >= 4 is 0 Å². The molecule has 0 aromatic heterocycles. The summed E-state index contributed by atoms with van der Waals surface area (Å²) >= 11 is 0. The lowest BCUT2D eigenvalue weighted by molar-refractivity contribution is -0.00458. The van der Waals surface area contributed by atoms with Gasteiger partial charge < -0.3 is 25.4 Å². The first-order valence-electron chi connectivity index (χ1n) is 6.25. The quantitative estimate of drug-likeness (QED) is 0.380. The van der Waals surface area contributed by atoms with E-state index in [0.29, 0.717) is 32.9 Å². The standard InChI is InChI=1S/C12H24N2O4/c1-17-9-10-2-3-14(4-6-18-7-5-15)12(16)11(10)8-13/h12,15-16H,2-9,13H2,1H3. The molecule has 1 heterocycles. The number of hydrogen-bond acceptors (Lipinski definition) is 6. The number of methoxy groups -OCH3 is 1. The fourth-order valence-corrected chi connectivity index (χ4v) is 2.14. The average Bonchev–Trinajstić information content (AvgIpc) is 2.37. The van der Waals surface area contributed by atoms with Crippen LogP contribution in [-0.2, 0) is 9.47 Å². The van der Waals surface area contributed by atoms with Gasteiger partial charge in [0.1, 0.15) is 6.23 Å². The molecule has 1 atom stereocenters. The number of nitrogens with zero attached hydrogens (tertiary/aromatic N) is 1. The van der Waals surface area contributed by atoms with Crippen LogP contribution in [0.25, 0.3) is 0 Å². The predicted octanol–water partition coefficient (Wildman–Crippen LogP) is -1.08. The van der Waals surface area contributed by atoms with Gasteiger partial charge in [0.15, 0.2) is 0 Å². The summed E-state index contributed by atoms with van der Waals surface area (Å²) in [6.07, 6.45) is 0.212. The molecule has 0 saturated carbocycles. The van der Waals surface area contributed by atoms with E-state index in [9.17, 15) is 5.11 Å². The number of aliphatic hydroxyl groups is 2. The number of ether oxygens (including phenoxy) is 2. The van der Waals surface area contributed by atoms with Crippen LogP contribution in [0.5, 0.6) is 0 Å². The molecular formula is C12H24N2O4. The van der Waals surface area contributed by atoms with Crippen molar-refractivity contribution < 1.29 is 19.7 Å². The molecule has 1 aliphatic heterocycles. The van der Waals surface area contributed by atoms with E-state index < -0.39 is 6.23 Å². The second-order valence-electron chi connectivity index (χ2n) is 4.26.